The molecule has 7 heteroatoms. The molecule has 1 aromatic heterocycles. The third-order valence-corrected chi connectivity index (χ3v) is 5.88. The number of aromatic nitrogens is 1. The van der Waals surface area contributed by atoms with Crippen molar-refractivity contribution >= 4 is 29.2 Å². The number of nitrogens with zero attached hydrogens (tertiary/aromatic N) is 3. The molecule has 4 amide bonds. The van der Waals surface area contributed by atoms with Gasteiger partial charge in [-0.25, -0.2) is 14.7 Å². The molecule has 1 saturated heterocycles. The van der Waals surface area contributed by atoms with Gasteiger partial charge in [-0.1, -0.05) is 42.7 Å². The highest BCUT2D eigenvalue weighted by Gasteiger charge is 2.48. The van der Waals surface area contributed by atoms with Crippen LogP contribution in [0.5, 0.6) is 0 Å². The first-order valence-corrected chi connectivity index (χ1v) is 9.63. The number of hydrogen-bond acceptors (Lipinski definition) is 5. The molecule has 134 valence electrons. The number of aryl methyl sites for hydroxylation is 1. The summed E-state index contributed by atoms with van der Waals surface area (Å²) in [5, 5.41) is 2.66. The molecule has 6 nitrogen and oxygen atoms in total. The lowest BCUT2D eigenvalue weighted by molar-refractivity contribution is -0.144. The number of urea groups is 1. The molecule has 1 aliphatic heterocycles. The molecule has 0 unspecified atom stereocenters. The van der Waals surface area contributed by atoms with Crippen LogP contribution in [-0.4, -0.2) is 38.7 Å². The molecular formula is C19H19N3O3S. The van der Waals surface area contributed by atoms with Crippen molar-refractivity contribution in [3.63, 3.8) is 0 Å². The van der Waals surface area contributed by atoms with Gasteiger partial charge in [-0.15, -0.1) is 11.3 Å². The zero-order valence-electron chi connectivity index (χ0n) is 14.5. The van der Waals surface area contributed by atoms with E-state index in [0.29, 0.717) is 5.69 Å². The highest BCUT2D eigenvalue weighted by Crippen LogP contribution is 2.29. The monoisotopic (exact) mass is 369 g/mol. The summed E-state index contributed by atoms with van der Waals surface area (Å²) in [6.45, 7) is 2.06. The number of benzene rings is 1. The van der Waals surface area contributed by atoms with Gasteiger partial charge in [-0.3, -0.25) is 14.5 Å². The second-order valence-electron chi connectivity index (χ2n) is 6.80. The number of hydrogen-bond donors (Lipinski definition) is 0. The van der Waals surface area contributed by atoms with Crippen LogP contribution in [0.15, 0.2) is 29.6 Å². The van der Waals surface area contributed by atoms with Gasteiger partial charge in [0.05, 0.1) is 12.2 Å². The summed E-state index contributed by atoms with van der Waals surface area (Å²) < 4.78 is 0. The fourth-order valence-corrected chi connectivity index (χ4v) is 4.33. The molecule has 1 aromatic carbocycles. The van der Waals surface area contributed by atoms with Gasteiger partial charge in [0, 0.05) is 17.0 Å². The topological polar surface area (TPSA) is 70.6 Å². The van der Waals surface area contributed by atoms with Crippen molar-refractivity contribution < 1.29 is 14.4 Å². The second-order valence-corrected chi connectivity index (χ2v) is 7.66. The summed E-state index contributed by atoms with van der Waals surface area (Å²) in [7, 11) is 0. The van der Waals surface area contributed by atoms with Crippen molar-refractivity contribution in [2.24, 2.45) is 0 Å². The lowest BCUT2D eigenvalue weighted by Gasteiger charge is -2.20. The van der Waals surface area contributed by atoms with Crippen molar-refractivity contribution in [2.75, 3.05) is 0 Å². The van der Waals surface area contributed by atoms with E-state index in [0.717, 1.165) is 46.1 Å². The summed E-state index contributed by atoms with van der Waals surface area (Å²) in [5.74, 6) is -1.44. The zero-order chi connectivity index (χ0) is 18.3. The largest absolute Gasteiger partial charge is 0.334 e. The van der Waals surface area contributed by atoms with Crippen LogP contribution in [-0.2, 0) is 16.1 Å². The van der Waals surface area contributed by atoms with Gasteiger partial charge in [0.1, 0.15) is 5.01 Å². The Morgan fingerprint density at radius 2 is 1.77 bits per heavy atom. The molecule has 2 fully saturated rings. The molecule has 1 aliphatic carbocycles. The Morgan fingerprint density at radius 1 is 1.08 bits per heavy atom. The van der Waals surface area contributed by atoms with Gasteiger partial charge in [0.15, 0.2) is 0 Å². The molecule has 2 heterocycles. The maximum atomic E-state index is 12.6. The summed E-state index contributed by atoms with van der Waals surface area (Å²) in [6, 6.07) is 7.38. The van der Waals surface area contributed by atoms with Crippen molar-refractivity contribution in [1.82, 2.24) is 14.8 Å². The summed E-state index contributed by atoms with van der Waals surface area (Å²) in [5.41, 5.74) is 2.78. The quantitative estimate of drug-likeness (QED) is 0.612. The number of carbonyl (C=O) groups excluding carboxylic acids is 3. The van der Waals surface area contributed by atoms with Gasteiger partial charge in [0.2, 0.25) is 0 Å². The van der Waals surface area contributed by atoms with E-state index in [9.17, 15) is 14.4 Å². The van der Waals surface area contributed by atoms with Crippen LogP contribution in [0.25, 0.3) is 10.6 Å². The van der Waals surface area contributed by atoms with Crippen molar-refractivity contribution in [3.05, 3.63) is 40.9 Å². The predicted molar refractivity (Wildman–Crippen MR) is 97.3 cm³/mol. The summed E-state index contributed by atoms with van der Waals surface area (Å²) in [6.07, 6.45) is 3.55. The van der Waals surface area contributed by atoms with Crippen LogP contribution in [0.3, 0.4) is 0 Å². The molecule has 0 bridgehead atoms. The van der Waals surface area contributed by atoms with E-state index in [1.54, 1.807) is 0 Å². The fourth-order valence-electron chi connectivity index (χ4n) is 3.52. The summed E-state index contributed by atoms with van der Waals surface area (Å²) >= 11 is 1.46. The highest BCUT2D eigenvalue weighted by atomic mass is 32.1. The third-order valence-electron chi connectivity index (χ3n) is 4.94. The normalized spacial score (nSPS) is 18.4. The molecule has 2 aliphatic rings. The van der Waals surface area contributed by atoms with Crippen LogP contribution in [0.1, 0.15) is 36.9 Å². The molecule has 0 atom stereocenters. The highest BCUT2D eigenvalue weighted by molar-refractivity contribution is 7.13. The van der Waals surface area contributed by atoms with E-state index in [1.807, 2.05) is 36.6 Å². The van der Waals surface area contributed by atoms with Gasteiger partial charge in [0.25, 0.3) is 0 Å². The smallest absolute Gasteiger partial charge is 0.263 e. The molecular weight excluding hydrogens is 350 g/mol. The van der Waals surface area contributed by atoms with Gasteiger partial charge >= 0.3 is 17.8 Å². The van der Waals surface area contributed by atoms with Crippen LogP contribution in [0, 0.1) is 6.92 Å². The van der Waals surface area contributed by atoms with E-state index in [1.165, 1.54) is 16.9 Å². The average molecular weight is 369 g/mol. The van der Waals surface area contributed by atoms with E-state index in [2.05, 4.69) is 4.98 Å². The van der Waals surface area contributed by atoms with E-state index < -0.39 is 17.8 Å². The minimum Gasteiger partial charge on any atom is -0.263 e. The van der Waals surface area contributed by atoms with Gasteiger partial charge < -0.3 is 0 Å². The first-order chi connectivity index (χ1) is 12.5. The number of thiazole rings is 1. The Morgan fingerprint density at radius 3 is 2.46 bits per heavy atom. The molecule has 0 N–H and O–H groups in total. The molecule has 0 spiro atoms. The number of rotatable bonds is 4. The predicted octanol–water partition coefficient (Wildman–Crippen LogP) is 3.35. The lowest BCUT2D eigenvalue weighted by Crippen LogP contribution is -2.39. The molecule has 0 radical (unpaired) electrons. The Labute approximate surface area is 155 Å². The maximum Gasteiger partial charge on any atom is 0.334 e. The van der Waals surface area contributed by atoms with Crippen molar-refractivity contribution in [2.45, 2.75) is 45.2 Å². The number of imide groups is 2. The first-order valence-electron chi connectivity index (χ1n) is 8.75. The van der Waals surface area contributed by atoms with Crippen LogP contribution < -0.4 is 0 Å². The average Bonchev–Trinajstić information content (AvgIpc) is 3.35. The Balaban J connectivity index is 1.52. The Hall–Kier alpha value is -2.54. The molecule has 4 rings (SSSR count). The van der Waals surface area contributed by atoms with E-state index in [4.69, 9.17) is 0 Å². The zero-order valence-corrected chi connectivity index (χ0v) is 15.3. The first kappa shape index (κ1) is 16.9. The Kier molecular flexibility index (Phi) is 4.32. The second kappa shape index (κ2) is 6.64. The van der Waals surface area contributed by atoms with Crippen molar-refractivity contribution in [1.29, 1.82) is 0 Å². The standard InChI is InChI=1S/C19H19N3O3S/c1-12-6-8-13(9-7-12)16-20-14(11-26-16)10-21-17(23)18(24)22(19(21)25)15-4-2-3-5-15/h6-9,11,15H,2-5,10H2,1H3. The molecule has 1 saturated carbocycles. The van der Waals surface area contributed by atoms with Gasteiger partial charge in [-0.05, 0) is 19.8 Å². The fraction of sp³-hybridized carbons (Fsp3) is 0.368. The summed E-state index contributed by atoms with van der Waals surface area (Å²) in [4.78, 5) is 43.9. The minimum absolute atomic E-state index is 0.0367. The van der Waals surface area contributed by atoms with Crippen LogP contribution in [0.4, 0.5) is 4.79 Å². The maximum absolute atomic E-state index is 12.6. The minimum atomic E-state index is -0.744. The van der Waals surface area contributed by atoms with Crippen LogP contribution >= 0.6 is 11.3 Å². The van der Waals surface area contributed by atoms with E-state index in [-0.39, 0.29) is 12.6 Å². The third kappa shape index (κ3) is 2.92. The molecule has 2 aromatic rings. The number of carbonyl (C=O) groups is 3. The van der Waals surface area contributed by atoms with E-state index >= 15 is 0 Å². The number of amides is 4. The Bertz CT molecular complexity index is 868. The van der Waals surface area contributed by atoms with Gasteiger partial charge in [-0.2, -0.15) is 0 Å². The van der Waals surface area contributed by atoms with Crippen molar-refractivity contribution in [3.8, 4) is 10.6 Å². The molecule has 26 heavy (non-hydrogen) atoms. The van der Waals surface area contributed by atoms with Crippen LogP contribution in [0.2, 0.25) is 0 Å². The SMILES string of the molecule is Cc1ccc(-c2nc(CN3C(=O)C(=O)N(C4CCCC4)C3=O)cs2)cc1. The lowest BCUT2D eigenvalue weighted by atomic mass is 10.2.